The van der Waals surface area contributed by atoms with Gasteiger partial charge >= 0.3 is 0 Å². The highest BCUT2D eigenvalue weighted by atomic mass is 16.2. The third-order valence-electron chi connectivity index (χ3n) is 3.43. The maximum absolute atomic E-state index is 11.3. The molecular weight excluding hydrogens is 288 g/mol. The highest BCUT2D eigenvalue weighted by Gasteiger charge is 2.11. The Labute approximate surface area is 133 Å². The third-order valence-corrected chi connectivity index (χ3v) is 3.43. The predicted octanol–water partition coefficient (Wildman–Crippen LogP) is 3.20. The molecule has 2 aromatic carbocycles. The third kappa shape index (κ3) is 3.11. The van der Waals surface area contributed by atoms with E-state index in [1.54, 1.807) is 12.3 Å². The first-order valence-corrected chi connectivity index (χ1v) is 7.14. The Morgan fingerprint density at radius 1 is 1.17 bits per heavy atom. The molecule has 0 unspecified atom stereocenters. The molecule has 0 saturated carbocycles. The Morgan fingerprint density at radius 2 is 1.91 bits per heavy atom. The first kappa shape index (κ1) is 14.5. The lowest BCUT2D eigenvalue weighted by atomic mass is 10.1. The van der Waals surface area contributed by atoms with Crippen LogP contribution in [0.15, 0.2) is 59.7 Å². The van der Waals surface area contributed by atoms with Crippen LogP contribution in [-0.2, 0) is 4.79 Å². The summed E-state index contributed by atoms with van der Waals surface area (Å²) in [5, 5.41) is 13.5. The molecule has 0 fully saturated rings. The van der Waals surface area contributed by atoms with E-state index in [9.17, 15) is 4.79 Å². The van der Waals surface area contributed by atoms with Gasteiger partial charge in [-0.1, -0.05) is 48.5 Å². The van der Waals surface area contributed by atoms with Crippen molar-refractivity contribution in [3.05, 3.63) is 60.2 Å². The number of aromatic amines is 1. The van der Waals surface area contributed by atoms with Gasteiger partial charge in [0.1, 0.15) is 6.42 Å². The Hall–Kier alpha value is -3.39. The van der Waals surface area contributed by atoms with Crippen molar-refractivity contribution in [2.45, 2.75) is 6.42 Å². The van der Waals surface area contributed by atoms with E-state index in [-0.39, 0.29) is 6.42 Å². The summed E-state index contributed by atoms with van der Waals surface area (Å²) < 4.78 is 0. The Morgan fingerprint density at radius 3 is 2.70 bits per heavy atom. The number of para-hydroxylation sites is 1. The van der Waals surface area contributed by atoms with Crippen LogP contribution in [0.4, 0.5) is 0 Å². The van der Waals surface area contributed by atoms with Gasteiger partial charge in [-0.2, -0.15) is 10.4 Å². The fourth-order valence-corrected chi connectivity index (χ4v) is 2.41. The van der Waals surface area contributed by atoms with E-state index in [1.165, 1.54) is 0 Å². The van der Waals surface area contributed by atoms with E-state index >= 15 is 0 Å². The van der Waals surface area contributed by atoms with Gasteiger partial charge in [0, 0.05) is 16.5 Å². The molecule has 0 aliphatic rings. The number of hydrogen-bond acceptors (Lipinski definition) is 3. The smallest absolute Gasteiger partial charge is 0.254 e. The number of carbonyl (C=O) groups is 1. The molecule has 0 saturated heterocycles. The van der Waals surface area contributed by atoms with Crippen LogP contribution in [0, 0.1) is 11.3 Å². The number of aromatic nitrogens is 1. The molecule has 112 valence electrons. The predicted molar refractivity (Wildman–Crippen MR) is 89.7 cm³/mol. The topological polar surface area (TPSA) is 81.0 Å². The minimum atomic E-state index is -0.426. The molecule has 0 atom stereocenters. The van der Waals surface area contributed by atoms with Crippen molar-refractivity contribution in [1.82, 2.24) is 10.4 Å². The normalized spacial score (nSPS) is 10.7. The lowest BCUT2D eigenvalue weighted by molar-refractivity contribution is -0.120. The molecule has 2 N–H and O–H groups in total. The van der Waals surface area contributed by atoms with Crippen LogP contribution in [0.2, 0.25) is 0 Å². The van der Waals surface area contributed by atoms with Crippen LogP contribution >= 0.6 is 0 Å². The number of nitriles is 1. The molecule has 1 amide bonds. The fourth-order valence-electron chi connectivity index (χ4n) is 2.41. The summed E-state index contributed by atoms with van der Waals surface area (Å²) in [4.78, 5) is 14.7. The van der Waals surface area contributed by atoms with Crippen LogP contribution < -0.4 is 5.43 Å². The summed E-state index contributed by atoms with van der Waals surface area (Å²) in [6.45, 7) is 0. The van der Waals surface area contributed by atoms with Crippen LogP contribution in [0.1, 0.15) is 12.0 Å². The molecule has 5 nitrogen and oxygen atoms in total. The number of amides is 1. The molecule has 3 aromatic rings. The molecule has 0 bridgehead atoms. The number of hydrogen-bond donors (Lipinski definition) is 2. The van der Waals surface area contributed by atoms with E-state index < -0.39 is 5.91 Å². The number of hydrazone groups is 1. The van der Waals surface area contributed by atoms with Gasteiger partial charge in [-0.25, -0.2) is 5.43 Å². The number of carbonyl (C=O) groups excluding carboxylic acids is 1. The quantitative estimate of drug-likeness (QED) is 0.573. The molecular formula is C18H14N4O. The van der Waals surface area contributed by atoms with Crippen LogP contribution in [0.5, 0.6) is 0 Å². The molecule has 1 aromatic heterocycles. The van der Waals surface area contributed by atoms with Gasteiger partial charge in [0.15, 0.2) is 0 Å². The Bertz CT molecular complexity index is 904. The van der Waals surface area contributed by atoms with Crippen molar-refractivity contribution < 1.29 is 4.79 Å². The molecule has 5 heteroatoms. The van der Waals surface area contributed by atoms with Gasteiger partial charge in [-0.3, -0.25) is 4.79 Å². The second-order valence-corrected chi connectivity index (χ2v) is 4.95. The fraction of sp³-hybridized carbons (Fsp3) is 0.0556. The second-order valence-electron chi connectivity index (χ2n) is 4.95. The van der Waals surface area contributed by atoms with Gasteiger partial charge in [0.2, 0.25) is 0 Å². The largest absolute Gasteiger partial charge is 0.354 e. The summed E-state index contributed by atoms with van der Waals surface area (Å²) >= 11 is 0. The van der Waals surface area contributed by atoms with Crippen molar-refractivity contribution in [2.24, 2.45) is 5.10 Å². The summed E-state index contributed by atoms with van der Waals surface area (Å²) in [7, 11) is 0. The van der Waals surface area contributed by atoms with E-state index in [1.807, 2.05) is 54.6 Å². The van der Waals surface area contributed by atoms with Crippen LogP contribution in [-0.4, -0.2) is 17.1 Å². The first-order valence-electron chi connectivity index (χ1n) is 7.14. The van der Waals surface area contributed by atoms with Crippen molar-refractivity contribution in [3.8, 4) is 17.3 Å². The molecule has 23 heavy (non-hydrogen) atoms. The zero-order chi connectivity index (χ0) is 16.1. The minimum Gasteiger partial charge on any atom is -0.354 e. The number of fused-ring (bicyclic) bond motifs is 1. The van der Waals surface area contributed by atoms with Gasteiger partial charge in [-0.15, -0.1) is 0 Å². The highest BCUT2D eigenvalue weighted by molar-refractivity contribution is 6.06. The van der Waals surface area contributed by atoms with E-state index in [4.69, 9.17) is 5.26 Å². The molecule has 0 aliphatic carbocycles. The summed E-state index contributed by atoms with van der Waals surface area (Å²) in [6, 6.07) is 19.6. The van der Waals surface area contributed by atoms with Crippen molar-refractivity contribution in [3.63, 3.8) is 0 Å². The van der Waals surface area contributed by atoms with Gasteiger partial charge in [0.05, 0.1) is 18.0 Å². The van der Waals surface area contributed by atoms with E-state index in [0.717, 1.165) is 27.7 Å². The van der Waals surface area contributed by atoms with Crippen molar-refractivity contribution in [1.29, 1.82) is 5.26 Å². The number of rotatable bonds is 4. The summed E-state index contributed by atoms with van der Waals surface area (Å²) in [6.07, 6.45) is 1.40. The number of nitrogens with zero attached hydrogens (tertiary/aromatic N) is 2. The molecule has 1 heterocycles. The maximum Gasteiger partial charge on any atom is 0.254 e. The zero-order valence-electron chi connectivity index (χ0n) is 12.3. The molecule has 0 spiro atoms. The van der Waals surface area contributed by atoms with Crippen LogP contribution in [0.25, 0.3) is 22.2 Å². The second kappa shape index (κ2) is 6.58. The van der Waals surface area contributed by atoms with Crippen molar-refractivity contribution >= 4 is 23.0 Å². The molecule has 0 radical (unpaired) electrons. The zero-order valence-corrected chi connectivity index (χ0v) is 12.3. The number of nitrogens with one attached hydrogen (secondary N) is 2. The molecule has 3 rings (SSSR count). The first-order chi connectivity index (χ1) is 11.3. The Balaban J connectivity index is 2.02. The van der Waals surface area contributed by atoms with Gasteiger partial charge in [0.25, 0.3) is 5.91 Å². The van der Waals surface area contributed by atoms with E-state index in [2.05, 4.69) is 15.5 Å². The maximum atomic E-state index is 11.3. The van der Waals surface area contributed by atoms with Gasteiger partial charge in [-0.05, 0) is 11.6 Å². The van der Waals surface area contributed by atoms with Crippen LogP contribution in [0.3, 0.4) is 0 Å². The standard InChI is InChI=1S/C18H14N4O/c19-11-10-17(23)22-20-12-15-14-8-4-5-9-16(14)21-18(15)13-6-2-1-3-7-13/h1-9,12,21H,10H2,(H,22,23). The Kier molecular flexibility index (Phi) is 4.16. The average Bonchev–Trinajstić information content (AvgIpc) is 2.95. The minimum absolute atomic E-state index is 0.212. The monoisotopic (exact) mass is 302 g/mol. The van der Waals surface area contributed by atoms with Crippen molar-refractivity contribution in [2.75, 3.05) is 0 Å². The summed E-state index contributed by atoms with van der Waals surface area (Å²) in [5.41, 5.74) is 6.22. The number of H-pyrrole nitrogens is 1. The highest BCUT2D eigenvalue weighted by Crippen LogP contribution is 2.28. The van der Waals surface area contributed by atoms with E-state index in [0.29, 0.717) is 0 Å². The lowest BCUT2D eigenvalue weighted by Crippen LogP contribution is -2.16. The SMILES string of the molecule is N#CCC(=O)NN=Cc1c(-c2ccccc2)[nH]c2ccccc12. The average molecular weight is 302 g/mol. The lowest BCUT2D eigenvalue weighted by Gasteiger charge is -2.00. The van der Waals surface area contributed by atoms with Gasteiger partial charge < -0.3 is 4.98 Å². The summed E-state index contributed by atoms with van der Waals surface area (Å²) in [5.74, 6) is -0.426. The number of benzene rings is 2. The molecule has 0 aliphatic heterocycles.